The standard InChI is InChI=1S/C19H16N4O2S/c1-4-8-15-11(5-1)16-18-21-17(22-23(18)10-20-19(16)26-15)14-9-24-12-6-2-3-7-13(12)25-14/h2-3,6-7,10,14H,1,4-5,8-9H2/t14-/m0/s1. The monoisotopic (exact) mass is 364 g/mol. The van der Waals surface area contributed by atoms with E-state index < -0.39 is 0 Å². The highest BCUT2D eigenvalue weighted by Crippen LogP contribution is 2.38. The van der Waals surface area contributed by atoms with E-state index in [9.17, 15) is 0 Å². The van der Waals surface area contributed by atoms with Crippen molar-refractivity contribution in [1.82, 2.24) is 19.6 Å². The highest BCUT2D eigenvalue weighted by atomic mass is 32.1. The number of hydrogen-bond donors (Lipinski definition) is 0. The third-order valence-electron chi connectivity index (χ3n) is 5.10. The van der Waals surface area contributed by atoms with Gasteiger partial charge >= 0.3 is 0 Å². The number of aryl methyl sites for hydroxylation is 2. The zero-order valence-corrected chi connectivity index (χ0v) is 14.8. The van der Waals surface area contributed by atoms with E-state index in [0.717, 1.165) is 34.8 Å². The lowest BCUT2D eigenvalue weighted by Crippen LogP contribution is -2.22. The maximum Gasteiger partial charge on any atom is 0.196 e. The number of nitrogens with zero attached hydrogens (tertiary/aromatic N) is 4. The molecule has 0 N–H and O–H groups in total. The van der Waals surface area contributed by atoms with Crippen molar-refractivity contribution in [3.63, 3.8) is 0 Å². The summed E-state index contributed by atoms with van der Waals surface area (Å²) in [5.41, 5.74) is 2.30. The van der Waals surface area contributed by atoms with Crippen molar-refractivity contribution in [2.24, 2.45) is 0 Å². The highest BCUT2D eigenvalue weighted by molar-refractivity contribution is 7.19. The first kappa shape index (κ1) is 14.5. The molecule has 6 rings (SSSR count). The van der Waals surface area contributed by atoms with Crippen molar-refractivity contribution < 1.29 is 9.47 Å². The van der Waals surface area contributed by atoms with Crippen LogP contribution in [0.1, 0.15) is 35.2 Å². The van der Waals surface area contributed by atoms with Gasteiger partial charge in [0.25, 0.3) is 0 Å². The molecule has 26 heavy (non-hydrogen) atoms. The van der Waals surface area contributed by atoms with Gasteiger partial charge < -0.3 is 9.47 Å². The molecule has 0 saturated carbocycles. The Balaban J connectivity index is 1.47. The minimum Gasteiger partial charge on any atom is -0.485 e. The molecule has 4 heterocycles. The first-order chi connectivity index (χ1) is 12.9. The van der Waals surface area contributed by atoms with Gasteiger partial charge in [-0.05, 0) is 43.4 Å². The normalized spacial score (nSPS) is 19.0. The second kappa shape index (κ2) is 5.41. The summed E-state index contributed by atoms with van der Waals surface area (Å²) in [6.07, 6.45) is 6.20. The fraction of sp³-hybridized carbons (Fsp3) is 0.316. The topological polar surface area (TPSA) is 61.5 Å². The van der Waals surface area contributed by atoms with Crippen LogP contribution in [0.2, 0.25) is 0 Å². The maximum atomic E-state index is 6.07. The molecule has 130 valence electrons. The van der Waals surface area contributed by atoms with Gasteiger partial charge in [-0.1, -0.05) is 12.1 Å². The molecule has 1 aromatic carbocycles. The molecule has 0 radical (unpaired) electrons. The third kappa shape index (κ3) is 2.07. The number of hydrogen-bond acceptors (Lipinski definition) is 6. The van der Waals surface area contributed by atoms with Crippen molar-refractivity contribution in [1.29, 1.82) is 0 Å². The zero-order valence-electron chi connectivity index (χ0n) is 14.0. The Hall–Kier alpha value is -2.67. The number of para-hydroxylation sites is 2. The van der Waals surface area contributed by atoms with E-state index in [1.807, 2.05) is 24.3 Å². The zero-order chi connectivity index (χ0) is 17.1. The Labute approximate surface area is 153 Å². The van der Waals surface area contributed by atoms with Crippen LogP contribution in [0.15, 0.2) is 30.6 Å². The van der Waals surface area contributed by atoms with Crippen LogP contribution in [-0.2, 0) is 12.8 Å². The van der Waals surface area contributed by atoms with Crippen molar-refractivity contribution in [2.75, 3.05) is 6.61 Å². The molecular weight excluding hydrogens is 348 g/mol. The van der Waals surface area contributed by atoms with Crippen molar-refractivity contribution in [3.05, 3.63) is 46.9 Å². The Morgan fingerprint density at radius 3 is 2.96 bits per heavy atom. The molecule has 1 aliphatic carbocycles. The lowest BCUT2D eigenvalue weighted by atomic mass is 9.97. The minimum atomic E-state index is -0.311. The Morgan fingerprint density at radius 2 is 2.00 bits per heavy atom. The van der Waals surface area contributed by atoms with Gasteiger partial charge in [0, 0.05) is 4.88 Å². The van der Waals surface area contributed by atoms with Gasteiger partial charge in [0.2, 0.25) is 0 Å². The van der Waals surface area contributed by atoms with E-state index >= 15 is 0 Å². The van der Waals surface area contributed by atoms with E-state index in [0.29, 0.717) is 12.4 Å². The van der Waals surface area contributed by atoms with Gasteiger partial charge in [0.05, 0.1) is 5.39 Å². The number of rotatable bonds is 1. The fourth-order valence-electron chi connectivity index (χ4n) is 3.85. The van der Waals surface area contributed by atoms with Crippen LogP contribution in [0.5, 0.6) is 11.5 Å². The predicted molar refractivity (Wildman–Crippen MR) is 98.1 cm³/mol. The molecule has 0 spiro atoms. The highest BCUT2D eigenvalue weighted by Gasteiger charge is 2.27. The number of ether oxygens (including phenoxy) is 2. The maximum absolute atomic E-state index is 6.07. The van der Waals surface area contributed by atoms with E-state index in [1.54, 1.807) is 22.2 Å². The molecule has 2 aliphatic rings. The largest absolute Gasteiger partial charge is 0.485 e. The molecule has 0 fully saturated rings. The SMILES string of the molecule is c1ccc2c(c1)OC[C@@H](c1nc3c4c5c(sc4ncn3n1)CCCC5)O2. The molecule has 6 nitrogen and oxygen atoms in total. The summed E-state index contributed by atoms with van der Waals surface area (Å²) in [4.78, 5) is 12.0. The molecule has 4 aromatic rings. The first-order valence-electron chi connectivity index (χ1n) is 8.91. The summed E-state index contributed by atoms with van der Waals surface area (Å²) in [6, 6.07) is 7.70. The quantitative estimate of drug-likeness (QED) is 0.515. The summed E-state index contributed by atoms with van der Waals surface area (Å²) < 4.78 is 13.7. The lowest BCUT2D eigenvalue weighted by Gasteiger charge is -2.24. The number of aromatic nitrogens is 4. The second-order valence-corrected chi connectivity index (χ2v) is 7.82. The number of fused-ring (bicyclic) bond motifs is 6. The molecule has 0 saturated heterocycles. The van der Waals surface area contributed by atoms with Crippen molar-refractivity contribution in [2.45, 2.75) is 31.8 Å². The molecule has 1 aliphatic heterocycles. The summed E-state index contributed by atoms with van der Waals surface area (Å²) in [5.74, 6) is 2.15. The molecule has 0 amide bonds. The van der Waals surface area contributed by atoms with Gasteiger partial charge in [-0.3, -0.25) is 0 Å². The van der Waals surface area contributed by atoms with Crippen LogP contribution in [0.4, 0.5) is 0 Å². The second-order valence-electron chi connectivity index (χ2n) is 6.74. The number of benzene rings is 1. The predicted octanol–water partition coefficient (Wildman–Crippen LogP) is 3.73. The molecule has 3 aromatic heterocycles. The molecule has 0 unspecified atom stereocenters. The average Bonchev–Trinajstić information content (AvgIpc) is 3.28. The van der Waals surface area contributed by atoms with Crippen LogP contribution in [0, 0.1) is 0 Å². The van der Waals surface area contributed by atoms with Gasteiger partial charge in [-0.15, -0.1) is 16.4 Å². The molecule has 7 heteroatoms. The van der Waals surface area contributed by atoms with Gasteiger partial charge in [-0.2, -0.15) is 0 Å². The molecule has 0 bridgehead atoms. The van der Waals surface area contributed by atoms with Crippen LogP contribution < -0.4 is 9.47 Å². The smallest absolute Gasteiger partial charge is 0.196 e. The van der Waals surface area contributed by atoms with Crippen LogP contribution in [-0.4, -0.2) is 26.2 Å². The van der Waals surface area contributed by atoms with Crippen LogP contribution in [0.25, 0.3) is 15.9 Å². The fourth-order valence-corrected chi connectivity index (χ4v) is 5.08. The van der Waals surface area contributed by atoms with E-state index in [2.05, 4.69) is 10.1 Å². The lowest BCUT2D eigenvalue weighted by molar-refractivity contribution is 0.0852. The Morgan fingerprint density at radius 1 is 1.12 bits per heavy atom. The van der Waals surface area contributed by atoms with E-state index in [1.165, 1.54) is 28.7 Å². The van der Waals surface area contributed by atoms with Crippen molar-refractivity contribution in [3.8, 4) is 11.5 Å². The van der Waals surface area contributed by atoms with E-state index in [-0.39, 0.29) is 6.10 Å². The van der Waals surface area contributed by atoms with Crippen LogP contribution >= 0.6 is 11.3 Å². The van der Waals surface area contributed by atoms with Gasteiger partial charge in [0.1, 0.15) is 17.8 Å². The van der Waals surface area contributed by atoms with Crippen molar-refractivity contribution >= 4 is 27.2 Å². The minimum absolute atomic E-state index is 0.311. The Kier molecular flexibility index (Phi) is 3.02. The average molecular weight is 364 g/mol. The first-order valence-corrected chi connectivity index (χ1v) is 9.72. The van der Waals surface area contributed by atoms with E-state index in [4.69, 9.17) is 14.5 Å². The summed E-state index contributed by atoms with van der Waals surface area (Å²) in [6.45, 7) is 0.409. The summed E-state index contributed by atoms with van der Waals surface area (Å²) >= 11 is 1.80. The summed E-state index contributed by atoms with van der Waals surface area (Å²) in [5, 5.41) is 5.80. The van der Waals surface area contributed by atoms with Crippen LogP contribution in [0.3, 0.4) is 0 Å². The third-order valence-corrected chi connectivity index (χ3v) is 6.30. The molecule has 1 atom stereocenters. The van der Waals surface area contributed by atoms with Gasteiger partial charge in [-0.25, -0.2) is 14.5 Å². The Bertz CT molecular complexity index is 1150. The molecular formula is C19H16N4O2S. The number of thiophene rings is 1. The van der Waals surface area contributed by atoms with Gasteiger partial charge in [0.15, 0.2) is 29.1 Å². The summed E-state index contributed by atoms with van der Waals surface area (Å²) in [7, 11) is 0.